The smallest absolute Gasteiger partial charge is 0.261 e. The van der Waals surface area contributed by atoms with E-state index in [1.165, 1.54) is 17.8 Å². The molecule has 2 aromatic rings. The predicted molar refractivity (Wildman–Crippen MR) is 109 cm³/mol. The summed E-state index contributed by atoms with van der Waals surface area (Å²) in [5.74, 6) is -1.19. The zero-order chi connectivity index (χ0) is 20.7. The summed E-state index contributed by atoms with van der Waals surface area (Å²) in [5, 5.41) is 5.61. The molecule has 1 aromatic heterocycles. The van der Waals surface area contributed by atoms with Gasteiger partial charge in [0.25, 0.3) is 17.4 Å². The second kappa shape index (κ2) is 7.40. The summed E-state index contributed by atoms with van der Waals surface area (Å²) < 4.78 is 0. The number of H-pyrrole nitrogens is 1. The van der Waals surface area contributed by atoms with Crippen molar-refractivity contribution < 1.29 is 14.4 Å². The van der Waals surface area contributed by atoms with Crippen LogP contribution in [0.2, 0.25) is 0 Å². The van der Waals surface area contributed by atoms with Gasteiger partial charge >= 0.3 is 0 Å². The zero-order valence-corrected chi connectivity index (χ0v) is 16.5. The molecule has 150 valence electrons. The molecule has 1 aliphatic heterocycles. The Bertz CT molecular complexity index is 1090. The molecule has 0 saturated heterocycles. The average molecular weight is 412 g/mol. The molecule has 4 rings (SSSR count). The van der Waals surface area contributed by atoms with Gasteiger partial charge in [-0.3, -0.25) is 19.2 Å². The lowest BCUT2D eigenvalue weighted by Crippen LogP contribution is -2.34. The summed E-state index contributed by atoms with van der Waals surface area (Å²) in [7, 11) is 0. The third-order valence-electron chi connectivity index (χ3n) is 5.20. The van der Waals surface area contributed by atoms with Crippen LogP contribution in [0.4, 0.5) is 5.69 Å². The summed E-state index contributed by atoms with van der Waals surface area (Å²) in [6, 6.07) is 6.33. The standard InChI is InChI=1S/C20H20N4O4S/c1-9-18(26)24-15-7-10(5-6-16(15)29-9)19(27)22-13-3-2-4-14-11(13)8-12(17(21)25)20(28)23-14/h5-9,13H,2-4H2,1H3,(H2,21,25)(H,22,27)(H,23,28)(H,24,26)/t9-,13+/m0/s1. The quantitative estimate of drug-likeness (QED) is 0.609. The molecule has 0 bridgehead atoms. The van der Waals surface area contributed by atoms with E-state index in [-0.39, 0.29) is 28.7 Å². The van der Waals surface area contributed by atoms with Gasteiger partial charge in [-0.2, -0.15) is 0 Å². The number of hydrogen-bond acceptors (Lipinski definition) is 5. The maximum Gasteiger partial charge on any atom is 0.261 e. The van der Waals surface area contributed by atoms with Gasteiger partial charge in [-0.1, -0.05) is 0 Å². The molecular weight excluding hydrogens is 392 g/mol. The maximum absolute atomic E-state index is 12.8. The number of nitrogens with two attached hydrogens (primary N) is 1. The van der Waals surface area contributed by atoms with Crippen LogP contribution in [0.5, 0.6) is 0 Å². The molecule has 0 saturated carbocycles. The highest BCUT2D eigenvalue weighted by Gasteiger charge is 2.27. The summed E-state index contributed by atoms with van der Waals surface area (Å²) in [5.41, 5.74) is 7.11. The number of fused-ring (bicyclic) bond motifs is 2. The van der Waals surface area contributed by atoms with Gasteiger partial charge in [-0.25, -0.2) is 0 Å². The van der Waals surface area contributed by atoms with Crippen LogP contribution in [-0.2, 0) is 11.2 Å². The topological polar surface area (TPSA) is 134 Å². The van der Waals surface area contributed by atoms with Crippen molar-refractivity contribution in [3.05, 3.63) is 57.0 Å². The van der Waals surface area contributed by atoms with E-state index < -0.39 is 11.5 Å². The number of thioether (sulfide) groups is 1. The van der Waals surface area contributed by atoms with E-state index in [0.29, 0.717) is 35.3 Å². The van der Waals surface area contributed by atoms with E-state index in [2.05, 4.69) is 15.6 Å². The number of carbonyl (C=O) groups is 3. The van der Waals surface area contributed by atoms with Crippen LogP contribution in [0.1, 0.15) is 57.8 Å². The van der Waals surface area contributed by atoms with Crippen LogP contribution >= 0.6 is 11.8 Å². The molecule has 9 heteroatoms. The molecule has 8 nitrogen and oxygen atoms in total. The summed E-state index contributed by atoms with van der Waals surface area (Å²) in [6.07, 6.45) is 2.13. The largest absolute Gasteiger partial charge is 0.365 e. The Morgan fingerprint density at radius 2 is 2.03 bits per heavy atom. The summed E-state index contributed by atoms with van der Waals surface area (Å²) in [4.78, 5) is 51.9. The van der Waals surface area contributed by atoms with Crippen molar-refractivity contribution in [3.63, 3.8) is 0 Å². The van der Waals surface area contributed by atoms with Gasteiger partial charge in [0.1, 0.15) is 5.56 Å². The first kappa shape index (κ1) is 19.3. The summed E-state index contributed by atoms with van der Waals surface area (Å²) in [6.45, 7) is 1.83. The highest BCUT2D eigenvalue weighted by Crippen LogP contribution is 2.36. The third kappa shape index (κ3) is 3.65. The fraction of sp³-hybridized carbons (Fsp3) is 0.300. The minimum absolute atomic E-state index is 0.0933. The van der Waals surface area contributed by atoms with Crippen LogP contribution in [0.25, 0.3) is 0 Å². The van der Waals surface area contributed by atoms with Gasteiger partial charge in [0.2, 0.25) is 5.91 Å². The normalized spacial score (nSPS) is 20.2. The Morgan fingerprint density at radius 1 is 1.24 bits per heavy atom. The van der Waals surface area contributed by atoms with Crippen LogP contribution in [0.15, 0.2) is 34.0 Å². The molecule has 3 amide bonds. The minimum Gasteiger partial charge on any atom is -0.365 e. The number of aryl methyl sites for hydroxylation is 1. The van der Waals surface area contributed by atoms with Gasteiger partial charge in [-0.15, -0.1) is 11.8 Å². The fourth-order valence-corrected chi connectivity index (χ4v) is 4.60. The van der Waals surface area contributed by atoms with Crippen molar-refractivity contribution in [1.29, 1.82) is 0 Å². The second-order valence-corrected chi connectivity index (χ2v) is 8.57. The molecular formula is C20H20N4O4S. The highest BCUT2D eigenvalue weighted by molar-refractivity contribution is 8.00. The number of anilines is 1. The lowest BCUT2D eigenvalue weighted by atomic mass is 9.90. The zero-order valence-electron chi connectivity index (χ0n) is 15.7. The molecule has 29 heavy (non-hydrogen) atoms. The van der Waals surface area contributed by atoms with E-state index in [1.807, 2.05) is 13.0 Å². The van der Waals surface area contributed by atoms with Crippen LogP contribution < -0.4 is 21.9 Å². The molecule has 1 aliphatic carbocycles. The minimum atomic E-state index is -0.804. The second-order valence-electron chi connectivity index (χ2n) is 7.19. The Balaban J connectivity index is 1.60. The van der Waals surface area contributed by atoms with Crippen molar-refractivity contribution in [2.24, 2.45) is 5.73 Å². The number of aromatic amines is 1. The molecule has 1 aromatic carbocycles. The monoisotopic (exact) mass is 412 g/mol. The van der Waals surface area contributed by atoms with Gasteiger partial charge in [0.05, 0.1) is 17.0 Å². The molecule has 5 N–H and O–H groups in total. The first-order valence-corrected chi connectivity index (χ1v) is 10.2. The lowest BCUT2D eigenvalue weighted by molar-refractivity contribution is -0.115. The molecule has 2 atom stereocenters. The van der Waals surface area contributed by atoms with Crippen LogP contribution in [0, 0.1) is 0 Å². The van der Waals surface area contributed by atoms with Gasteiger partial charge in [0.15, 0.2) is 0 Å². The van der Waals surface area contributed by atoms with Crippen molar-refractivity contribution in [2.45, 2.75) is 42.4 Å². The lowest BCUT2D eigenvalue weighted by Gasteiger charge is -2.27. The molecule has 0 radical (unpaired) electrons. The van der Waals surface area contributed by atoms with Crippen molar-refractivity contribution in [1.82, 2.24) is 10.3 Å². The maximum atomic E-state index is 12.8. The number of pyridine rings is 1. The van der Waals surface area contributed by atoms with Gasteiger partial charge < -0.3 is 21.4 Å². The number of primary amides is 1. The van der Waals surface area contributed by atoms with E-state index in [0.717, 1.165) is 11.3 Å². The van der Waals surface area contributed by atoms with E-state index >= 15 is 0 Å². The Hall–Kier alpha value is -3.07. The molecule has 0 unspecified atom stereocenters. The average Bonchev–Trinajstić information content (AvgIpc) is 2.68. The Labute approximate surface area is 170 Å². The summed E-state index contributed by atoms with van der Waals surface area (Å²) >= 11 is 1.45. The first-order valence-electron chi connectivity index (χ1n) is 9.32. The number of hydrogen-bond donors (Lipinski definition) is 4. The van der Waals surface area contributed by atoms with E-state index in [4.69, 9.17) is 5.73 Å². The Morgan fingerprint density at radius 3 is 2.79 bits per heavy atom. The van der Waals surface area contributed by atoms with Crippen LogP contribution in [0.3, 0.4) is 0 Å². The number of nitrogens with one attached hydrogen (secondary N) is 3. The number of amides is 3. The van der Waals surface area contributed by atoms with Crippen molar-refractivity contribution in [2.75, 3.05) is 5.32 Å². The molecule has 0 fully saturated rings. The number of benzene rings is 1. The SMILES string of the molecule is C[C@@H]1Sc2ccc(C(=O)N[C@@H]3CCCc4[nH]c(=O)c(C(N)=O)cc43)cc2NC1=O. The third-order valence-corrected chi connectivity index (χ3v) is 6.37. The fourth-order valence-electron chi connectivity index (χ4n) is 3.67. The van der Waals surface area contributed by atoms with E-state index in [9.17, 15) is 19.2 Å². The van der Waals surface area contributed by atoms with Crippen molar-refractivity contribution in [3.8, 4) is 0 Å². The molecule has 0 spiro atoms. The number of carbonyl (C=O) groups excluding carboxylic acids is 3. The molecule has 2 aliphatic rings. The van der Waals surface area contributed by atoms with Crippen molar-refractivity contribution >= 4 is 35.2 Å². The highest BCUT2D eigenvalue weighted by atomic mass is 32.2. The van der Waals surface area contributed by atoms with Crippen LogP contribution in [-0.4, -0.2) is 28.0 Å². The predicted octanol–water partition coefficient (Wildman–Crippen LogP) is 1.71. The molecule has 2 heterocycles. The number of rotatable bonds is 3. The number of aromatic nitrogens is 1. The van der Waals surface area contributed by atoms with Gasteiger partial charge in [-0.05, 0) is 56.0 Å². The van der Waals surface area contributed by atoms with E-state index in [1.54, 1.807) is 12.1 Å². The first-order chi connectivity index (χ1) is 13.8. The Kier molecular flexibility index (Phi) is 4.91. The van der Waals surface area contributed by atoms with Gasteiger partial charge in [0, 0.05) is 16.2 Å².